The van der Waals surface area contributed by atoms with Gasteiger partial charge in [0, 0.05) is 10.9 Å². The van der Waals surface area contributed by atoms with Crippen LogP contribution in [0.25, 0.3) is 0 Å². The number of carbonyl (C=O) groups excluding carboxylic acids is 1. The summed E-state index contributed by atoms with van der Waals surface area (Å²) in [6.45, 7) is 1.77. The molecule has 3 N–H and O–H groups in total. The van der Waals surface area contributed by atoms with Gasteiger partial charge in [-0.05, 0) is 31.5 Å². The number of ether oxygens (including phenoxy) is 1. The van der Waals surface area contributed by atoms with Crippen molar-refractivity contribution in [2.24, 2.45) is 5.84 Å². The van der Waals surface area contributed by atoms with Crippen LogP contribution in [0.1, 0.15) is 19.8 Å². The number of carbonyl (C=O) groups is 1. The molecule has 0 saturated carbocycles. The standard InChI is InChI=1S/C11H14BrFN2O2/c1-7(2-5-11(16)15-14)17-10-6-8(12)3-4-9(10)13/h3-4,6-7H,2,5,14H2,1H3,(H,15,16). The lowest BCUT2D eigenvalue weighted by Crippen LogP contribution is -2.30. The van der Waals surface area contributed by atoms with Crippen molar-refractivity contribution in [3.8, 4) is 5.75 Å². The van der Waals surface area contributed by atoms with E-state index >= 15 is 0 Å². The summed E-state index contributed by atoms with van der Waals surface area (Å²) in [6, 6.07) is 4.46. The van der Waals surface area contributed by atoms with E-state index in [-0.39, 0.29) is 24.2 Å². The first-order valence-electron chi connectivity index (χ1n) is 5.14. The SMILES string of the molecule is CC(CCC(=O)NN)Oc1cc(Br)ccc1F. The molecule has 0 fully saturated rings. The van der Waals surface area contributed by atoms with E-state index < -0.39 is 5.82 Å². The van der Waals surface area contributed by atoms with E-state index in [1.165, 1.54) is 6.07 Å². The van der Waals surface area contributed by atoms with Crippen LogP contribution in [0.4, 0.5) is 4.39 Å². The Morgan fingerprint density at radius 3 is 3.00 bits per heavy atom. The highest BCUT2D eigenvalue weighted by Gasteiger charge is 2.10. The Balaban J connectivity index is 2.52. The third-order valence-electron chi connectivity index (χ3n) is 2.16. The lowest BCUT2D eigenvalue weighted by molar-refractivity contribution is -0.121. The molecule has 0 saturated heterocycles. The molecular weight excluding hydrogens is 291 g/mol. The van der Waals surface area contributed by atoms with Crippen molar-refractivity contribution in [1.29, 1.82) is 0 Å². The van der Waals surface area contributed by atoms with Gasteiger partial charge in [-0.3, -0.25) is 10.2 Å². The summed E-state index contributed by atoms with van der Waals surface area (Å²) in [6.07, 6.45) is 0.443. The van der Waals surface area contributed by atoms with Crippen molar-refractivity contribution in [3.63, 3.8) is 0 Å². The summed E-state index contributed by atoms with van der Waals surface area (Å²) in [5.74, 6) is 4.42. The number of hydrogen-bond acceptors (Lipinski definition) is 3. The Hall–Kier alpha value is -1.14. The van der Waals surface area contributed by atoms with Gasteiger partial charge in [-0.2, -0.15) is 0 Å². The van der Waals surface area contributed by atoms with Crippen molar-refractivity contribution in [1.82, 2.24) is 5.43 Å². The molecule has 0 aliphatic heterocycles. The molecule has 0 heterocycles. The third-order valence-corrected chi connectivity index (χ3v) is 2.65. The average molecular weight is 305 g/mol. The molecule has 0 bridgehead atoms. The molecule has 1 aromatic rings. The molecule has 0 aliphatic carbocycles. The lowest BCUT2D eigenvalue weighted by Gasteiger charge is -2.14. The number of amides is 1. The molecule has 1 aromatic carbocycles. The van der Waals surface area contributed by atoms with Crippen LogP contribution >= 0.6 is 15.9 Å². The van der Waals surface area contributed by atoms with Gasteiger partial charge in [-0.15, -0.1) is 0 Å². The Morgan fingerprint density at radius 1 is 1.65 bits per heavy atom. The minimum absolute atomic E-state index is 0.167. The molecular formula is C11H14BrFN2O2. The zero-order valence-corrected chi connectivity index (χ0v) is 11.0. The second-order valence-electron chi connectivity index (χ2n) is 3.61. The van der Waals surface area contributed by atoms with Crippen molar-refractivity contribution >= 4 is 21.8 Å². The van der Waals surface area contributed by atoms with E-state index in [0.717, 1.165) is 4.47 Å². The molecule has 1 atom stereocenters. The molecule has 1 unspecified atom stereocenters. The maximum Gasteiger partial charge on any atom is 0.234 e. The maximum atomic E-state index is 13.3. The minimum atomic E-state index is -0.427. The van der Waals surface area contributed by atoms with Crippen LogP contribution in [0, 0.1) is 5.82 Å². The first-order valence-corrected chi connectivity index (χ1v) is 5.93. The van der Waals surface area contributed by atoms with Crippen LogP contribution in [0.15, 0.2) is 22.7 Å². The first kappa shape index (κ1) is 13.9. The number of hydrogen-bond donors (Lipinski definition) is 2. The Labute approximate surface area is 107 Å². The number of nitrogens with two attached hydrogens (primary N) is 1. The number of nitrogens with one attached hydrogen (secondary N) is 1. The van der Waals surface area contributed by atoms with Gasteiger partial charge in [-0.1, -0.05) is 15.9 Å². The smallest absolute Gasteiger partial charge is 0.234 e. The monoisotopic (exact) mass is 304 g/mol. The molecule has 0 aromatic heterocycles. The highest BCUT2D eigenvalue weighted by molar-refractivity contribution is 9.10. The fourth-order valence-corrected chi connectivity index (χ4v) is 1.59. The van der Waals surface area contributed by atoms with Crippen LogP contribution in [-0.4, -0.2) is 12.0 Å². The van der Waals surface area contributed by atoms with Gasteiger partial charge in [-0.25, -0.2) is 10.2 Å². The average Bonchev–Trinajstić information content (AvgIpc) is 2.30. The fourth-order valence-electron chi connectivity index (χ4n) is 1.25. The number of rotatable bonds is 5. The van der Waals surface area contributed by atoms with E-state index in [0.29, 0.717) is 6.42 Å². The Kier molecular flexibility index (Phi) is 5.37. The van der Waals surface area contributed by atoms with Crippen molar-refractivity contribution in [2.45, 2.75) is 25.9 Å². The van der Waals surface area contributed by atoms with Crippen LogP contribution in [0.3, 0.4) is 0 Å². The maximum absolute atomic E-state index is 13.3. The van der Waals surface area contributed by atoms with Crippen LogP contribution in [0.5, 0.6) is 5.75 Å². The lowest BCUT2D eigenvalue weighted by atomic mass is 10.2. The summed E-state index contributed by atoms with van der Waals surface area (Å²) in [5, 5.41) is 0. The molecule has 0 radical (unpaired) electrons. The van der Waals surface area contributed by atoms with Crippen LogP contribution in [-0.2, 0) is 4.79 Å². The molecule has 4 nitrogen and oxygen atoms in total. The highest BCUT2D eigenvalue weighted by Crippen LogP contribution is 2.23. The zero-order chi connectivity index (χ0) is 12.8. The molecule has 6 heteroatoms. The molecule has 0 aliphatic rings. The van der Waals surface area contributed by atoms with Crippen molar-refractivity contribution in [3.05, 3.63) is 28.5 Å². The molecule has 1 amide bonds. The molecule has 17 heavy (non-hydrogen) atoms. The first-order chi connectivity index (χ1) is 8.02. The summed E-state index contributed by atoms with van der Waals surface area (Å²) in [4.78, 5) is 10.9. The van der Waals surface area contributed by atoms with E-state index in [4.69, 9.17) is 10.6 Å². The Morgan fingerprint density at radius 2 is 2.35 bits per heavy atom. The zero-order valence-electron chi connectivity index (χ0n) is 9.37. The highest BCUT2D eigenvalue weighted by atomic mass is 79.9. The van der Waals surface area contributed by atoms with Gasteiger partial charge in [0.1, 0.15) is 0 Å². The molecule has 0 spiro atoms. The van der Waals surface area contributed by atoms with E-state index in [2.05, 4.69) is 15.9 Å². The quantitative estimate of drug-likeness (QED) is 0.497. The van der Waals surface area contributed by atoms with Crippen LogP contribution in [0.2, 0.25) is 0 Å². The minimum Gasteiger partial charge on any atom is -0.488 e. The van der Waals surface area contributed by atoms with Crippen molar-refractivity contribution < 1.29 is 13.9 Å². The third kappa shape index (κ3) is 4.70. The van der Waals surface area contributed by atoms with Crippen molar-refractivity contribution in [2.75, 3.05) is 0 Å². The molecule has 94 valence electrons. The van der Waals surface area contributed by atoms with Gasteiger partial charge < -0.3 is 4.74 Å². The number of benzene rings is 1. The Bertz CT molecular complexity index is 401. The van der Waals surface area contributed by atoms with Crippen LogP contribution < -0.4 is 16.0 Å². The summed E-state index contributed by atoms with van der Waals surface area (Å²) < 4.78 is 19.5. The van der Waals surface area contributed by atoms with Gasteiger partial charge in [0.25, 0.3) is 0 Å². The normalized spacial score (nSPS) is 12.0. The predicted octanol–water partition coefficient (Wildman–Crippen LogP) is 2.13. The summed E-state index contributed by atoms with van der Waals surface area (Å²) >= 11 is 3.23. The topological polar surface area (TPSA) is 64.4 Å². The van der Waals surface area contributed by atoms with Gasteiger partial charge in [0.2, 0.25) is 5.91 Å². The number of hydrazine groups is 1. The largest absolute Gasteiger partial charge is 0.488 e. The van der Waals surface area contributed by atoms with Gasteiger partial charge >= 0.3 is 0 Å². The number of halogens is 2. The second kappa shape index (κ2) is 6.56. The summed E-state index contributed by atoms with van der Waals surface area (Å²) in [7, 11) is 0. The van der Waals surface area contributed by atoms with E-state index in [1.54, 1.807) is 19.1 Å². The van der Waals surface area contributed by atoms with E-state index in [1.807, 2.05) is 5.43 Å². The van der Waals surface area contributed by atoms with Gasteiger partial charge in [0.15, 0.2) is 11.6 Å². The predicted molar refractivity (Wildman–Crippen MR) is 65.8 cm³/mol. The van der Waals surface area contributed by atoms with E-state index in [9.17, 15) is 9.18 Å². The second-order valence-corrected chi connectivity index (χ2v) is 4.53. The summed E-state index contributed by atoms with van der Waals surface area (Å²) in [5.41, 5.74) is 2.03. The molecule has 1 rings (SSSR count). The fraction of sp³-hybridized carbons (Fsp3) is 0.364. The van der Waals surface area contributed by atoms with Gasteiger partial charge in [0.05, 0.1) is 6.10 Å².